The first kappa shape index (κ1) is 9.41. The lowest BCUT2D eigenvalue weighted by Crippen LogP contribution is -2.38. The zero-order chi connectivity index (χ0) is 10.1. The number of piperidine rings is 1. The molecule has 2 aliphatic rings. The molecule has 1 fully saturated rings. The van der Waals surface area contributed by atoms with E-state index in [1.807, 2.05) is 0 Å². The van der Waals surface area contributed by atoms with E-state index < -0.39 is 0 Å². The second-order valence-corrected chi connectivity index (χ2v) is 4.90. The summed E-state index contributed by atoms with van der Waals surface area (Å²) in [6.45, 7) is 1.23. The summed E-state index contributed by atoms with van der Waals surface area (Å²) < 4.78 is 0. The van der Waals surface area contributed by atoms with Crippen molar-refractivity contribution in [2.75, 3.05) is 6.54 Å². The normalized spacial score (nSPS) is 30.1. The highest BCUT2D eigenvalue weighted by Gasteiger charge is 2.29. The van der Waals surface area contributed by atoms with Crippen LogP contribution in [0.2, 0.25) is 0 Å². The summed E-state index contributed by atoms with van der Waals surface area (Å²) in [5, 5.41) is 3.70. The van der Waals surface area contributed by atoms with Crippen molar-refractivity contribution in [3.05, 3.63) is 35.4 Å². The number of fused-ring (bicyclic) bond motifs is 1. The van der Waals surface area contributed by atoms with Gasteiger partial charge in [-0.3, -0.25) is 0 Å². The molecule has 1 aliphatic heterocycles. The van der Waals surface area contributed by atoms with Gasteiger partial charge in [0, 0.05) is 6.04 Å². The van der Waals surface area contributed by atoms with E-state index in [1.54, 1.807) is 11.1 Å². The second kappa shape index (κ2) is 3.97. The molecular weight excluding hydrogens is 182 g/mol. The third kappa shape index (κ3) is 1.69. The van der Waals surface area contributed by atoms with Crippen LogP contribution in [-0.4, -0.2) is 12.6 Å². The Labute approximate surface area is 91.9 Å². The van der Waals surface area contributed by atoms with Crippen LogP contribution >= 0.6 is 0 Å². The molecular formula is C14H19N. The molecule has 0 bridgehead atoms. The molecule has 1 saturated heterocycles. The third-order valence-electron chi connectivity index (χ3n) is 4.01. The molecule has 80 valence electrons. The van der Waals surface area contributed by atoms with Crippen molar-refractivity contribution in [2.24, 2.45) is 0 Å². The Bertz CT molecular complexity index is 339. The number of nitrogens with one attached hydrogen (secondary N) is 1. The molecule has 1 aromatic rings. The average molecular weight is 201 g/mol. The Morgan fingerprint density at radius 1 is 1.07 bits per heavy atom. The van der Waals surface area contributed by atoms with E-state index in [0.717, 1.165) is 12.0 Å². The largest absolute Gasteiger partial charge is 0.313 e. The smallest absolute Gasteiger partial charge is 0.0136 e. The van der Waals surface area contributed by atoms with E-state index in [1.165, 1.54) is 38.6 Å². The lowest BCUT2D eigenvalue weighted by Gasteiger charge is -2.29. The predicted octanol–water partition coefficient (Wildman–Crippen LogP) is 2.86. The minimum atomic E-state index is 0.752. The third-order valence-corrected chi connectivity index (χ3v) is 4.01. The summed E-state index contributed by atoms with van der Waals surface area (Å²) in [6.07, 6.45) is 6.80. The van der Waals surface area contributed by atoms with Crippen LogP contribution in [0.15, 0.2) is 24.3 Å². The highest BCUT2D eigenvalue weighted by atomic mass is 14.9. The zero-order valence-electron chi connectivity index (χ0n) is 9.21. The van der Waals surface area contributed by atoms with Crippen LogP contribution < -0.4 is 5.32 Å². The molecule has 0 spiro atoms. The fourth-order valence-electron chi connectivity index (χ4n) is 3.23. The van der Waals surface area contributed by atoms with Crippen molar-refractivity contribution >= 4 is 0 Å². The molecule has 1 heteroatoms. The molecule has 0 saturated carbocycles. The zero-order valence-corrected chi connectivity index (χ0v) is 9.21. The first-order valence-corrected chi connectivity index (χ1v) is 6.26. The summed E-state index contributed by atoms with van der Waals surface area (Å²) in [7, 11) is 0. The maximum atomic E-state index is 3.70. The molecule has 1 N–H and O–H groups in total. The van der Waals surface area contributed by atoms with Gasteiger partial charge < -0.3 is 5.32 Å². The highest BCUT2D eigenvalue weighted by molar-refractivity contribution is 5.36. The second-order valence-electron chi connectivity index (χ2n) is 4.90. The van der Waals surface area contributed by atoms with Crippen LogP contribution in [-0.2, 0) is 6.42 Å². The summed E-state index contributed by atoms with van der Waals surface area (Å²) in [4.78, 5) is 0. The van der Waals surface area contributed by atoms with E-state index in [0.29, 0.717) is 0 Å². The van der Waals surface area contributed by atoms with Crippen LogP contribution in [0.25, 0.3) is 0 Å². The van der Waals surface area contributed by atoms with E-state index in [2.05, 4.69) is 29.6 Å². The van der Waals surface area contributed by atoms with Crippen LogP contribution in [0.5, 0.6) is 0 Å². The molecule has 1 aliphatic carbocycles. The van der Waals surface area contributed by atoms with Gasteiger partial charge in [-0.15, -0.1) is 0 Å². The lowest BCUT2D eigenvalue weighted by atomic mass is 9.88. The fraction of sp³-hybridized carbons (Fsp3) is 0.571. The molecule has 0 radical (unpaired) electrons. The fourth-order valence-corrected chi connectivity index (χ4v) is 3.23. The van der Waals surface area contributed by atoms with Gasteiger partial charge in [-0.1, -0.05) is 30.7 Å². The number of hydrogen-bond acceptors (Lipinski definition) is 1. The van der Waals surface area contributed by atoms with Crippen LogP contribution in [0.4, 0.5) is 0 Å². The number of benzene rings is 1. The molecule has 3 rings (SSSR count). The van der Waals surface area contributed by atoms with Gasteiger partial charge in [-0.05, 0) is 49.3 Å². The Morgan fingerprint density at radius 2 is 2.00 bits per heavy atom. The molecule has 0 amide bonds. The van der Waals surface area contributed by atoms with Gasteiger partial charge in [0.15, 0.2) is 0 Å². The van der Waals surface area contributed by atoms with Crippen LogP contribution in [0.1, 0.15) is 42.7 Å². The SMILES string of the molecule is c1ccc2c(c1)CC[C@@H]2[C@@H]1CCCCN1. The summed E-state index contributed by atoms with van der Waals surface area (Å²) >= 11 is 0. The van der Waals surface area contributed by atoms with E-state index >= 15 is 0 Å². The molecule has 1 aromatic carbocycles. The first-order chi connectivity index (χ1) is 7.45. The number of aryl methyl sites for hydroxylation is 1. The topological polar surface area (TPSA) is 12.0 Å². The monoisotopic (exact) mass is 201 g/mol. The van der Waals surface area contributed by atoms with E-state index in [9.17, 15) is 0 Å². The Kier molecular flexibility index (Phi) is 2.49. The van der Waals surface area contributed by atoms with Gasteiger partial charge in [-0.25, -0.2) is 0 Å². The molecule has 0 unspecified atom stereocenters. The Morgan fingerprint density at radius 3 is 2.87 bits per heavy atom. The summed E-state index contributed by atoms with van der Waals surface area (Å²) in [5.41, 5.74) is 3.21. The molecule has 0 aromatic heterocycles. The van der Waals surface area contributed by atoms with Gasteiger partial charge >= 0.3 is 0 Å². The van der Waals surface area contributed by atoms with Crippen molar-refractivity contribution in [3.8, 4) is 0 Å². The lowest BCUT2D eigenvalue weighted by molar-refractivity contribution is 0.348. The number of rotatable bonds is 1. The molecule has 15 heavy (non-hydrogen) atoms. The summed E-state index contributed by atoms with van der Waals surface area (Å²) in [5.74, 6) is 0.793. The maximum absolute atomic E-state index is 3.70. The maximum Gasteiger partial charge on any atom is 0.0136 e. The molecule has 2 atom stereocenters. The average Bonchev–Trinajstić information content (AvgIpc) is 2.74. The first-order valence-electron chi connectivity index (χ1n) is 6.26. The van der Waals surface area contributed by atoms with Crippen molar-refractivity contribution in [1.82, 2.24) is 5.32 Å². The minimum Gasteiger partial charge on any atom is -0.313 e. The van der Waals surface area contributed by atoms with Crippen LogP contribution in [0, 0.1) is 0 Å². The molecule has 1 heterocycles. The predicted molar refractivity (Wildman–Crippen MR) is 63.1 cm³/mol. The van der Waals surface area contributed by atoms with E-state index in [-0.39, 0.29) is 0 Å². The van der Waals surface area contributed by atoms with Crippen molar-refractivity contribution < 1.29 is 0 Å². The van der Waals surface area contributed by atoms with Gasteiger partial charge in [0.25, 0.3) is 0 Å². The van der Waals surface area contributed by atoms with Crippen molar-refractivity contribution in [3.63, 3.8) is 0 Å². The van der Waals surface area contributed by atoms with Gasteiger partial charge in [-0.2, -0.15) is 0 Å². The van der Waals surface area contributed by atoms with Gasteiger partial charge in [0.05, 0.1) is 0 Å². The Balaban J connectivity index is 1.83. The van der Waals surface area contributed by atoms with E-state index in [4.69, 9.17) is 0 Å². The van der Waals surface area contributed by atoms with Crippen molar-refractivity contribution in [2.45, 2.75) is 44.1 Å². The van der Waals surface area contributed by atoms with Crippen LogP contribution in [0.3, 0.4) is 0 Å². The Hall–Kier alpha value is -0.820. The number of hydrogen-bond donors (Lipinski definition) is 1. The summed E-state index contributed by atoms with van der Waals surface area (Å²) in [6, 6.07) is 9.76. The van der Waals surface area contributed by atoms with Gasteiger partial charge in [0.1, 0.15) is 0 Å². The molecule has 1 nitrogen and oxygen atoms in total. The van der Waals surface area contributed by atoms with Gasteiger partial charge in [0.2, 0.25) is 0 Å². The quantitative estimate of drug-likeness (QED) is 0.736. The minimum absolute atomic E-state index is 0.752. The van der Waals surface area contributed by atoms with Crippen molar-refractivity contribution in [1.29, 1.82) is 0 Å². The standard InChI is InChI=1S/C14H19N/c1-2-6-12-11(5-1)8-9-13(12)14-7-3-4-10-15-14/h1-2,5-6,13-15H,3-4,7-10H2/t13-,14-/m0/s1. The highest BCUT2D eigenvalue weighted by Crippen LogP contribution is 2.37.